The number of aromatic nitrogens is 2. The van der Waals surface area contributed by atoms with Crippen LogP contribution in [0.5, 0.6) is 0 Å². The lowest BCUT2D eigenvalue weighted by Gasteiger charge is -2.08. The smallest absolute Gasteiger partial charge is 0.243 e. The minimum absolute atomic E-state index is 0.0723. The number of hydrogen-bond acceptors (Lipinski definition) is 5. The molecule has 0 amide bonds. The van der Waals surface area contributed by atoms with E-state index in [4.69, 9.17) is 9.26 Å². The van der Waals surface area contributed by atoms with Crippen LogP contribution in [0.1, 0.15) is 50.6 Å². The fraction of sp³-hybridized carbons (Fsp3) is 0.800. The lowest BCUT2D eigenvalue weighted by Crippen LogP contribution is -2.15. The van der Waals surface area contributed by atoms with Gasteiger partial charge in [-0.3, -0.25) is 0 Å². The molecule has 0 bridgehead atoms. The van der Waals surface area contributed by atoms with Gasteiger partial charge in [0.05, 0.1) is 6.04 Å². The molecule has 0 aliphatic heterocycles. The zero-order chi connectivity index (χ0) is 11.3. The zero-order valence-electron chi connectivity index (χ0n) is 9.78. The molecule has 2 atom stereocenters. The first kappa shape index (κ1) is 12.1. The molecule has 1 aromatic rings. The molecule has 0 saturated carbocycles. The second kappa shape index (κ2) is 5.82. The molecule has 0 aliphatic rings. The van der Waals surface area contributed by atoms with Gasteiger partial charge in [-0.1, -0.05) is 19.0 Å². The van der Waals surface area contributed by atoms with Gasteiger partial charge < -0.3 is 14.6 Å². The van der Waals surface area contributed by atoms with Crippen molar-refractivity contribution in [2.45, 2.75) is 38.8 Å². The van der Waals surface area contributed by atoms with Crippen LogP contribution in [-0.4, -0.2) is 24.3 Å². The Morgan fingerprint density at radius 3 is 2.60 bits per heavy atom. The predicted molar refractivity (Wildman–Crippen MR) is 56.4 cm³/mol. The van der Waals surface area contributed by atoms with Crippen molar-refractivity contribution in [3.05, 3.63) is 11.7 Å². The molecule has 1 N–H and O–H groups in total. The van der Waals surface area contributed by atoms with E-state index in [1.54, 1.807) is 7.11 Å². The fourth-order valence-electron chi connectivity index (χ4n) is 1.48. The third-order valence-electron chi connectivity index (χ3n) is 2.46. The fourth-order valence-corrected chi connectivity index (χ4v) is 1.48. The highest BCUT2D eigenvalue weighted by Crippen LogP contribution is 2.20. The molecule has 5 heteroatoms. The standard InChI is InChI=1S/C10H19N3O2/c1-5-7(11-3)10-12-9(13-15-10)8(6-2)14-4/h7-8,11H,5-6H2,1-4H3. The van der Waals surface area contributed by atoms with Gasteiger partial charge in [-0.15, -0.1) is 0 Å². The first-order valence-corrected chi connectivity index (χ1v) is 5.30. The van der Waals surface area contributed by atoms with Crippen LogP contribution in [0.15, 0.2) is 4.52 Å². The summed E-state index contributed by atoms with van der Waals surface area (Å²) in [6, 6.07) is 0.126. The quantitative estimate of drug-likeness (QED) is 0.781. The summed E-state index contributed by atoms with van der Waals surface area (Å²) in [6.07, 6.45) is 1.69. The van der Waals surface area contributed by atoms with Crippen LogP contribution in [0.2, 0.25) is 0 Å². The number of rotatable bonds is 6. The average molecular weight is 213 g/mol. The normalized spacial score (nSPS) is 15.2. The van der Waals surface area contributed by atoms with E-state index < -0.39 is 0 Å². The second-order valence-corrected chi connectivity index (χ2v) is 3.37. The Morgan fingerprint density at radius 1 is 1.40 bits per heavy atom. The van der Waals surface area contributed by atoms with Crippen molar-refractivity contribution in [3.8, 4) is 0 Å². The number of methoxy groups -OCH3 is 1. The van der Waals surface area contributed by atoms with Crippen LogP contribution >= 0.6 is 0 Å². The molecule has 5 nitrogen and oxygen atoms in total. The minimum atomic E-state index is -0.0723. The van der Waals surface area contributed by atoms with Gasteiger partial charge in [0.2, 0.25) is 11.7 Å². The molecule has 0 radical (unpaired) electrons. The highest BCUT2D eigenvalue weighted by Gasteiger charge is 2.19. The average Bonchev–Trinajstić information content (AvgIpc) is 2.71. The summed E-state index contributed by atoms with van der Waals surface area (Å²) < 4.78 is 10.4. The topological polar surface area (TPSA) is 60.2 Å². The molecule has 86 valence electrons. The Kier molecular flexibility index (Phi) is 4.71. The van der Waals surface area contributed by atoms with Gasteiger partial charge >= 0.3 is 0 Å². The van der Waals surface area contributed by atoms with E-state index >= 15 is 0 Å². The summed E-state index contributed by atoms with van der Waals surface area (Å²) in [4.78, 5) is 4.33. The molecule has 1 rings (SSSR count). The van der Waals surface area contributed by atoms with E-state index in [1.807, 2.05) is 14.0 Å². The Hall–Kier alpha value is -0.940. The molecule has 0 spiro atoms. The Morgan fingerprint density at radius 2 is 2.13 bits per heavy atom. The maximum absolute atomic E-state index is 5.24. The first-order chi connectivity index (χ1) is 7.26. The summed E-state index contributed by atoms with van der Waals surface area (Å²) in [7, 11) is 3.53. The van der Waals surface area contributed by atoms with Gasteiger partial charge in [-0.2, -0.15) is 4.98 Å². The second-order valence-electron chi connectivity index (χ2n) is 3.37. The SMILES string of the molecule is CCC(NC)c1nc(C(CC)OC)no1. The van der Waals surface area contributed by atoms with Crippen molar-refractivity contribution in [1.82, 2.24) is 15.5 Å². The summed E-state index contributed by atoms with van der Waals surface area (Å²) in [5.74, 6) is 1.26. The van der Waals surface area contributed by atoms with E-state index in [0.29, 0.717) is 11.7 Å². The molecule has 15 heavy (non-hydrogen) atoms. The van der Waals surface area contributed by atoms with Crippen molar-refractivity contribution in [2.24, 2.45) is 0 Å². The highest BCUT2D eigenvalue weighted by atomic mass is 16.5. The summed E-state index contributed by atoms with van der Waals surface area (Å²) in [5, 5.41) is 7.04. The minimum Gasteiger partial charge on any atom is -0.373 e. The van der Waals surface area contributed by atoms with Crippen molar-refractivity contribution in [1.29, 1.82) is 0 Å². The van der Waals surface area contributed by atoms with E-state index in [2.05, 4.69) is 22.4 Å². The summed E-state index contributed by atoms with van der Waals surface area (Å²) in [6.45, 7) is 4.10. The van der Waals surface area contributed by atoms with Crippen molar-refractivity contribution in [3.63, 3.8) is 0 Å². The number of nitrogens with zero attached hydrogens (tertiary/aromatic N) is 2. The van der Waals surface area contributed by atoms with Crippen LogP contribution in [0.3, 0.4) is 0 Å². The van der Waals surface area contributed by atoms with Crippen LogP contribution < -0.4 is 5.32 Å². The van der Waals surface area contributed by atoms with Gasteiger partial charge in [0, 0.05) is 7.11 Å². The molecule has 1 heterocycles. The molecule has 0 aliphatic carbocycles. The van der Waals surface area contributed by atoms with Gasteiger partial charge in [-0.25, -0.2) is 0 Å². The zero-order valence-corrected chi connectivity index (χ0v) is 9.78. The molecule has 2 unspecified atom stereocenters. The van der Waals surface area contributed by atoms with E-state index in [1.165, 1.54) is 0 Å². The largest absolute Gasteiger partial charge is 0.373 e. The highest BCUT2D eigenvalue weighted by molar-refractivity contribution is 4.95. The van der Waals surface area contributed by atoms with E-state index in [9.17, 15) is 0 Å². The first-order valence-electron chi connectivity index (χ1n) is 5.30. The third kappa shape index (κ3) is 2.76. The molecule has 0 aromatic carbocycles. The maximum atomic E-state index is 5.24. The Balaban J connectivity index is 2.78. The van der Waals surface area contributed by atoms with Gasteiger partial charge in [0.15, 0.2) is 0 Å². The molecule has 0 fully saturated rings. The predicted octanol–water partition coefficient (Wildman–Crippen LogP) is 1.84. The van der Waals surface area contributed by atoms with Gasteiger partial charge in [0.25, 0.3) is 0 Å². The van der Waals surface area contributed by atoms with Crippen molar-refractivity contribution >= 4 is 0 Å². The molecule has 0 saturated heterocycles. The van der Waals surface area contributed by atoms with Crippen molar-refractivity contribution in [2.75, 3.05) is 14.2 Å². The maximum Gasteiger partial charge on any atom is 0.243 e. The lowest BCUT2D eigenvalue weighted by molar-refractivity contribution is 0.0903. The van der Waals surface area contributed by atoms with Crippen LogP contribution in [0.25, 0.3) is 0 Å². The van der Waals surface area contributed by atoms with E-state index in [0.717, 1.165) is 12.8 Å². The lowest BCUT2D eigenvalue weighted by atomic mass is 10.2. The third-order valence-corrected chi connectivity index (χ3v) is 2.46. The van der Waals surface area contributed by atoms with Crippen LogP contribution in [-0.2, 0) is 4.74 Å². The monoisotopic (exact) mass is 213 g/mol. The van der Waals surface area contributed by atoms with Crippen LogP contribution in [0.4, 0.5) is 0 Å². The Labute approximate surface area is 90.2 Å². The van der Waals surface area contributed by atoms with Crippen molar-refractivity contribution < 1.29 is 9.26 Å². The molecular formula is C10H19N3O2. The number of ether oxygens (including phenoxy) is 1. The van der Waals surface area contributed by atoms with E-state index in [-0.39, 0.29) is 12.1 Å². The summed E-state index contributed by atoms with van der Waals surface area (Å²) >= 11 is 0. The molecular weight excluding hydrogens is 194 g/mol. The number of nitrogens with one attached hydrogen (secondary N) is 1. The summed E-state index contributed by atoms with van der Waals surface area (Å²) in [5.41, 5.74) is 0. The Bertz CT molecular complexity index is 253. The number of hydrogen-bond donors (Lipinski definition) is 1. The van der Waals surface area contributed by atoms with Crippen LogP contribution in [0, 0.1) is 0 Å². The van der Waals surface area contributed by atoms with Gasteiger partial charge in [0.1, 0.15) is 6.10 Å². The van der Waals surface area contributed by atoms with Gasteiger partial charge in [-0.05, 0) is 19.9 Å². The molecule has 1 aromatic heterocycles.